The fourth-order valence-electron chi connectivity index (χ4n) is 1.94. The van der Waals surface area contributed by atoms with Gasteiger partial charge in [0.05, 0.1) is 0 Å². The number of ether oxygens (including phenoxy) is 1. The second-order valence-electron chi connectivity index (χ2n) is 5.27. The molecule has 0 spiro atoms. The van der Waals surface area contributed by atoms with Gasteiger partial charge in [0.2, 0.25) is 0 Å². The smallest absolute Gasteiger partial charge is 0.121 e. The van der Waals surface area contributed by atoms with Gasteiger partial charge in [0.25, 0.3) is 0 Å². The number of nitrogens with zero attached hydrogens (tertiary/aromatic N) is 1. The van der Waals surface area contributed by atoms with E-state index in [9.17, 15) is 5.11 Å². The molecule has 1 aromatic carbocycles. The molecule has 1 rings (SSSR count). The van der Waals surface area contributed by atoms with E-state index in [1.165, 1.54) is 0 Å². The first-order valence-corrected chi connectivity index (χ1v) is 6.86. The fourth-order valence-corrected chi connectivity index (χ4v) is 1.94. The van der Waals surface area contributed by atoms with Gasteiger partial charge < -0.3 is 20.5 Å². The molecule has 2 unspecified atom stereocenters. The van der Waals surface area contributed by atoms with E-state index in [0.29, 0.717) is 23.9 Å². The van der Waals surface area contributed by atoms with Crippen LogP contribution in [0.2, 0.25) is 0 Å². The van der Waals surface area contributed by atoms with E-state index in [0.717, 1.165) is 13.0 Å². The number of benzene rings is 1. The largest absolute Gasteiger partial charge is 0.491 e. The summed E-state index contributed by atoms with van der Waals surface area (Å²) in [5.41, 5.74) is 6.33. The van der Waals surface area contributed by atoms with Crippen LogP contribution < -0.4 is 10.5 Å². The molecule has 2 atom stereocenters. The van der Waals surface area contributed by atoms with Crippen LogP contribution in [0, 0.1) is 5.92 Å². The number of anilines is 1. The Morgan fingerprint density at radius 3 is 2.74 bits per heavy atom. The monoisotopic (exact) mass is 266 g/mol. The van der Waals surface area contributed by atoms with E-state index >= 15 is 0 Å². The number of likely N-dealkylation sites (N-methyl/N-ethyl adjacent to an activating group) is 1. The Morgan fingerprint density at radius 1 is 1.37 bits per heavy atom. The topological polar surface area (TPSA) is 58.7 Å². The first-order chi connectivity index (χ1) is 9.01. The zero-order chi connectivity index (χ0) is 14.3. The predicted molar refractivity (Wildman–Crippen MR) is 79.3 cm³/mol. The highest BCUT2D eigenvalue weighted by Gasteiger charge is 2.11. The van der Waals surface area contributed by atoms with Gasteiger partial charge in [-0.25, -0.2) is 0 Å². The molecule has 0 aromatic heterocycles. The van der Waals surface area contributed by atoms with Crippen LogP contribution in [-0.4, -0.2) is 42.9 Å². The number of rotatable bonds is 8. The minimum absolute atomic E-state index is 0.286. The van der Waals surface area contributed by atoms with Crippen LogP contribution in [0.5, 0.6) is 5.75 Å². The molecule has 19 heavy (non-hydrogen) atoms. The van der Waals surface area contributed by atoms with E-state index in [2.05, 4.69) is 18.7 Å². The lowest BCUT2D eigenvalue weighted by Crippen LogP contribution is -2.35. The van der Waals surface area contributed by atoms with Crippen molar-refractivity contribution in [3.63, 3.8) is 0 Å². The molecule has 0 aliphatic rings. The van der Waals surface area contributed by atoms with Gasteiger partial charge in [-0.15, -0.1) is 0 Å². The lowest BCUT2D eigenvalue weighted by molar-refractivity contribution is 0.0724. The lowest BCUT2D eigenvalue weighted by Gasteiger charge is -2.23. The van der Waals surface area contributed by atoms with Crippen LogP contribution in [0.25, 0.3) is 0 Å². The van der Waals surface area contributed by atoms with Gasteiger partial charge in [0, 0.05) is 24.8 Å². The molecular weight excluding hydrogens is 240 g/mol. The molecular formula is C15H26N2O2. The molecule has 0 aliphatic heterocycles. The molecule has 0 amide bonds. The molecule has 0 saturated heterocycles. The summed E-state index contributed by atoms with van der Waals surface area (Å²) < 4.78 is 5.52. The third-order valence-electron chi connectivity index (χ3n) is 3.14. The molecule has 0 saturated carbocycles. The minimum atomic E-state index is -0.490. The summed E-state index contributed by atoms with van der Waals surface area (Å²) >= 11 is 0. The van der Waals surface area contributed by atoms with Crippen LogP contribution in [0.4, 0.5) is 5.69 Å². The molecule has 0 bridgehead atoms. The SMILES string of the molecule is CCC(C)CN(C)CC(O)COc1cccc(N)c1. The van der Waals surface area contributed by atoms with Crippen molar-refractivity contribution in [2.45, 2.75) is 26.4 Å². The normalized spacial score (nSPS) is 14.4. The van der Waals surface area contributed by atoms with Gasteiger partial charge in [0.15, 0.2) is 0 Å². The number of hydrogen-bond donors (Lipinski definition) is 2. The standard InChI is InChI=1S/C15H26N2O2/c1-4-12(2)9-17(3)10-14(18)11-19-15-7-5-6-13(16)8-15/h5-8,12,14,18H,4,9-11,16H2,1-3H3. The first-order valence-electron chi connectivity index (χ1n) is 6.86. The number of aliphatic hydroxyl groups excluding tert-OH is 1. The second-order valence-corrected chi connectivity index (χ2v) is 5.27. The summed E-state index contributed by atoms with van der Waals surface area (Å²) in [5, 5.41) is 9.94. The van der Waals surface area contributed by atoms with Gasteiger partial charge >= 0.3 is 0 Å². The Bertz CT molecular complexity index is 371. The molecule has 3 N–H and O–H groups in total. The summed E-state index contributed by atoms with van der Waals surface area (Å²) in [7, 11) is 2.02. The Hall–Kier alpha value is -1.26. The van der Waals surface area contributed by atoms with Crippen molar-refractivity contribution in [1.29, 1.82) is 0 Å². The second kappa shape index (κ2) is 8.02. The van der Waals surface area contributed by atoms with Crippen LogP contribution in [0.3, 0.4) is 0 Å². The van der Waals surface area contributed by atoms with E-state index in [1.807, 2.05) is 25.2 Å². The predicted octanol–water partition coefficient (Wildman–Crippen LogP) is 1.99. The highest BCUT2D eigenvalue weighted by atomic mass is 16.5. The van der Waals surface area contributed by atoms with E-state index < -0.39 is 6.10 Å². The summed E-state index contributed by atoms with van der Waals surface area (Å²) in [6, 6.07) is 7.25. The average molecular weight is 266 g/mol. The van der Waals surface area contributed by atoms with Crippen LogP contribution >= 0.6 is 0 Å². The summed E-state index contributed by atoms with van der Waals surface area (Å²) in [6.07, 6.45) is 0.663. The summed E-state index contributed by atoms with van der Waals surface area (Å²) in [6.45, 7) is 6.29. The van der Waals surface area contributed by atoms with Crippen molar-refractivity contribution in [2.24, 2.45) is 5.92 Å². The van der Waals surface area contributed by atoms with Crippen molar-refractivity contribution in [1.82, 2.24) is 4.90 Å². The average Bonchev–Trinajstić information content (AvgIpc) is 2.36. The van der Waals surface area contributed by atoms with Crippen LogP contribution in [-0.2, 0) is 0 Å². The van der Waals surface area contributed by atoms with Crippen LogP contribution in [0.15, 0.2) is 24.3 Å². The number of nitrogen functional groups attached to an aromatic ring is 1. The maximum atomic E-state index is 9.94. The third kappa shape index (κ3) is 6.45. The number of aliphatic hydroxyl groups is 1. The quantitative estimate of drug-likeness (QED) is 0.706. The zero-order valence-corrected chi connectivity index (χ0v) is 12.2. The van der Waals surface area contributed by atoms with Crippen molar-refractivity contribution < 1.29 is 9.84 Å². The highest BCUT2D eigenvalue weighted by molar-refractivity contribution is 5.43. The maximum Gasteiger partial charge on any atom is 0.121 e. The fraction of sp³-hybridized carbons (Fsp3) is 0.600. The van der Waals surface area contributed by atoms with Gasteiger partial charge in [-0.2, -0.15) is 0 Å². The van der Waals surface area contributed by atoms with Gasteiger partial charge in [-0.05, 0) is 25.1 Å². The number of nitrogens with two attached hydrogens (primary N) is 1. The first kappa shape index (κ1) is 15.8. The molecule has 1 aromatic rings. The molecule has 0 heterocycles. The number of hydrogen-bond acceptors (Lipinski definition) is 4. The Balaban J connectivity index is 2.29. The van der Waals surface area contributed by atoms with Crippen molar-refractivity contribution in [2.75, 3.05) is 32.5 Å². The third-order valence-corrected chi connectivity index (χ3v) is 3.14. The van der Waals surface area contributed by atoms with E-state index in [4.69, 9.17) is 10.5 Å². The molecule has 4 nitrogen and oxygen atoms in total. The zero-order valence-electron chi connectivity index (χ0n) is 12.2. The lowest BCUT2D eigenvalue weighted by atomic mass is 10.1. The van der Waals surface area contributed by atoms with E-state index in [1.54, 1.807) is 6.07 Å². The molecule has 0 fully saturated rings. The van der Waals surface area contributed by atoms with Crippen LogP contribution in [0.1, 0.15) is 20.3 Å². The highest BCUT2D eigenvalue weighted by Crippen LogP contribution is 2.14. The Morgan fingerprint density at radius 2 is 2.11 bits per heavy atom. The van der Waals surface area contributed by atoms with Gasteiger partial charge in [0.1, 0.15) is 18.5 Å². The van der Waals surface area contributed by atoms with Gasteiger partial charge in [-0.1, -0.05) is 26.3 Å². The maximum absolute atomic E-state index is 9.94. The Kier molecular flexibility index (Phi) is 6.67. The summed E-state index contributed by atoms with van der Waals surface area (Å²) in [5.74, 6) is 1.34. The van der Waals surface area contributed by atoms with Crippen molar-refractivity contribution in [3.05, 3.63) is 24.3 Å². The Labute approximate surface area is 116 Å². The molecule has 0 aliphatic carbocycles. The van der Waals surface area contributed by atoms with Gasteiger partial charge in [-0.3, -0.25) is 0 Å². The minimum Gasteiger partial charge on any atom is -0.491 e. The van der Waals surface area contributed by atoms with E-state index in [-0.39, 0.29) is 6.61 Å². The molecule has 4 heteroatoms. The summed E-state index contributed by atoms with van der Waals surface area (Å²) in [4.78, 5) is 2.14. The molecule has 0 radical (unpaired) electrons. The van der Waals surface area contributed by atoms with Crippen molar-refractivity contribution in [3.8, 4) is 5.75 Å². The van der Waals surface area contributed by atoms with Crippen molar-refractivity contribution >= 4 is 5.69 Å². The molecule has 108 valence electrons.